The van der Waals surface area contributed by atoms with E-state index >= 15 is 0 Å². The number of carbonyl (C=O) groups excluding carboxylic acids is 2. The molecule has 2 rings (SSSR count). The SMILES string of the molecule is Cc1ccc(OC(=O)C2CCNC2=O)cc1. The Bertz CT molecular complexity index is 411. The summed E-state index contributed by atoms with van der Waals surface area (Å²) in [6.07, 6.45) is 0.517. The van der Waals surface area contributed by atoms with Gasteiger partial charge in [0.1, 0.15) is 11.7 Å². The van der Waals surface area contributed by atoms with E-state index in [0.717, 1.165) is 5.56 Å². The highest BCUT2D eigenvalue weighted by molar-refractivity contribution is 5.99. The van der Waals surface area contributed by atoms with Gasteiger partial charge in [0, 0.05) is 6.54 Å². The van der Waals surface area contributed by atoms with Gasteiger partial charge in [-0.05, 0) is 25.5 Å². The third kappa shape index (κ3) is 2.21. The van der Waals surface area contributed by atoms with Gasteiger partial charge in [0.05, 0.1) is 0 Å². The van der Waals surface area contributed by atoms with Gasteiger partial charge in [-0.15, -0.1) is 0 Å². The maximum atomic E-state index is 11.6. The molecule has 0 aliphatic carbocycles. The monoisotopic (exact) mass is 219 g/mol. The molecule has 1 heterocycles. The lowest BCUT2D eigenvalue weighted by Gasteiger charge is -2.07. The van der Waals surface area contributed by atoms with Crippen molar-refractivity contribution in [1.29, 1.82) is 0 Å². The minimum atomic E-state index is -0.652. The van der Waals surface area contributed by atoms with Crippen molar-refractivity contribution in [1.82, 2.24) is 5.32 Å². The molecule has 0 saturated carbocycles. The van der Waals surface area contributed by atoms with E-state index < -0.39 is 11.9 Å². The van der Waals surface area contributed by atoms with Crippen LogP contribution in [0.25, 0.3) is 0 Å². The van der Waals surface area contributed by atoms with Crippen LogP contribution in [-0.2, 0) is 9.59 Å². The first kappa shape index (κ1) is 10.7. The summed E-state index contributed by atoms with van der Waals surface area (Å²) in [6.45, 7) is 2.50. The molecule has 0 radical (unpaired) electrons. The Labute approximate surface area is 93.6 Å². The Morgan fingerprint density at radius 2 is 2.06 bits per heavy atom. The lowest BCUT2D eigenvalue weighted by atomic mass is 10.1. The summed E-state index contributed by atoms with van der Waals surface area (Å²) in [5, 5.41) is 2.61. The van der Waals surface area contributed by atoms with Crippen molar-refractivity contribution in [3.8, 4) is 5.75 Å². The second-order valence-electron chi connectivity index (χ2n) is 3.87. The molecule has 1 amide bonds. The second-order valence-corrected chi connectivity index (χ2v) is 3.87. The van der Waals surface area contributed by atoms with Crippen LogP contribution in [0.1, 0.15) is 12.0 Å². The van der Waals surface area contributed by atoms with Crippen molar-refractivity contribution in [3.05, 3.63) is 29.8 Å². The zero-order valence-electron chi connectivity index (χ0n) is 9.03. The molecule has 84 valence electrons. The fourth-order valence-corrected chi connectivity index (χ4v) is 1.61. The maximum absolute atomic E-state index is 11.6. The molecule has 1 aromatic carbocycles. The average molecular weight is 219 g/mol. The highest BCUT2D eigenvalue weighted by Gasteiger charge is 2.32. The van der Waals surface area contributed by atoms with Gasteiger partial charge in [-0.25, -0.2) is 0 Å². The molecule has 1 N–H and O–H groups in total. The highest BCUT2D eigenvalue weighted by atomic mass is 16.5. The molecule has 1 aromatic rings. The van der Waals surface area contributed by atoms with Gasteiger partial charge < -0.3 is 10.1 Å². The second kappa shape index (κ2) is 4.35. The van der Waals surface area contributed by atoms with Gasteiger partial charge in [0.15, 0.2) is 0 Å². The van der Waals surface area contributed by atoms with Crippen molar-refractivity contribution in [2.75, 3.05) is 6.54 Å². The molecule has 4 nitrogen and oxygen atoms in total. The van der Waals surface area contributed by atoms with Crippen LogP contribution >= 0.6 is 0 Å². The number of esters is 1. The smallest absolute Gasteiger partial charge is 0.323 e. The number of ether oxygens (including phenoxy) is 1. The summed E-state index contributed by atoms with van der Waals surface area (Å²) >= 11 is 0. The lowest BCUT2D eigenvalue weighted by molar-refractivity contribution is -0.143. The van der Waals surface area contributed by atoms with Crippen LogP contribution in [-0.4, -0.2) is 18.4 Å². The number of nitrogens with one attached hydrogen (secondary N) is 1. The molecule has 16 heavy (non-hydrogen) atoms. The van der Waals surface area contributed by atoms with Gasteiger partial charge in [0.25, 0.3) is 0 Å². The molecule has 1 saturated heterocycles. The minimum absolute atomic E-state index is 0.239. The number of rotatable bonds is 2. The Morgan fingerprint density at radius 3 is 2.62 bits per heavy atom. The standard InChI is InChI=1S/C12H13NO3/c1-8-2-4-9(5-3-8)16-12(15)10-6-7-13-11(10)14/h2-5,10H,6-7H2,1H3,(H,13,14). The molecule has 0 bridgehead atoms. The first-order valence-electron chi connectivity index (χ1n) is 5.23. The fraction of sp³-hybridized carbons (Fsp3) is 0.333. The van der Waals surface area contributed by atoms with Gasteiger partial charge >= 0.3 is 5.97 Å². The van der Waals surface area contributed by atoms with E-state index in [4.69, 9.17) is 4.74 Å². The van der Waals surface area contributed by atoms with Gasteiger partial charge in [-0.3, -0.25) is 9.59 Å². The van der Waals surface area contributed by atoms with Crippen molar-refractivity contribution < 1.29 is 14.3 Å². The normalized spacial score (nSPS) is 19.3. The van der Waals surface area contributed by atoms with Crippen LogP contribution in [0.4, 0.5) is 0 Å². The average Bonchev–Trinajstić information content (AvgIpc) is 2.68. The minimum Gasteiger partial charge on any atom is -0.426 e. The molecule has 0 aromatic heterocycles. The topological polar surface area (TPSA) is 55.4 Å². The zero-order chi connectivity index (χ0) is 11.5. The molecule has 4 heteroatoms. The van der Waals surface area contributed by atoms with E-state index in [0.29, 0.717) is 18.7 Å². The number of aryl methyl sites for hydroxylation is 1. The predicted molar refractivity (Wildman–Crippen MR) is 57.9 cm³/mol. The lowest BCUT2D eigenvalue weighted by Crippen LogP contribution is -2.28. The molecule has 1 atom stereocenters. The molecular formula is C12H13NO3. The number of hydrogen-bond acceptors (Lipinski definition) is 3. The van der Waals surface area contributed by atoms with Crippen LogP contribution in [0.2, 0.25) is 0 Å². The molecule has 1 aliphatic heterocycles. The Kier molecular flexibility index (Phi) is 2.90. The summed E-state index contributed by atoms with van der Waals surface area (Å²) in [6, 6.07) is 7.16. The van der Waals surface area contributed by atoms with Crippen LogP contribution in [0.5, 0.6) is 5.75 Å². The Balaban J connectivity index is 2.02. The number of benzene rings is 1. The highest BCUT2D eigenvalue weighted by Crippen LogP contribution is 2.16. The summed E-state index contributed by atoms with van der Waals surface area (Å²) in [5.41, 5.74) is 1.10. The Hall–Kier alpha value is -1.84. The third-order valence-corrected chi connectivity index (χ3v) is 2.57. The first-order valence-corrected chi connectivity index (χ1v) is 5.23. The van der Waals surface area contributed by atoms with Crippen LogP contribution < -0.4 is 10.1 Å². The first-order chi connectivity index (χ1) is 7.66. The Morgan fingerprint density at radius 1 is 1.38 bits per heavy atom. The summed E-state index contributed by atoms with van der Waals surface area (Å²) in [5.74, 6) is -0.882. The van der Waals surface area contributed by atoms with Crippen molar-refractivity contribution in [3.63, 3.8) is 0 Å². The number of amides is 1. The molecule has 1 aliphatic rings. The van der Waals surface area contributed by atoms with Gasteiger partial charge in [-0.2, -0.15) is 0 Å². The largest absolute Gasteiger partial charge is 0.426 e. The predicted octanol–water partition coefficient (Wildman–Crippen LogP) is 1.04. The van der Waals surface area contributed by atoms with Gasteiger partial charge in [0.2, 0.25) is 5.91 Å². The maximum Gasteiger partial charge on any atom is 0.323 e. The van der Waals surface area contributed by atoms with Crippen molar-refractivity contribution in [2.24, 2.45) is 5.92 Å². The summed E-state index contributed by atoms with van der Waals surface area (Å²) in [4.78, 5) is 22.9. The quantitative estimate of drug-likeness (QED) is 0.459. The van der Waals surface area contributed by atoms with E-state index in [9.17, 15) is 9.59 Å². The van der Waals surface area contributed by atoms with Crippen LogP contribution in [0, 0.1) is 12.8 Å². The van der Waals surface area contributed by atoms with E-state index in [-0.39, 0.29) is 5.91 Å². The van der Waals surface area contributed by atoms with Crippen LogP contribution in [0.15, 0.2) is 24.3 Å². The van der Waals surface area contributed by atoms with E-state index in [1.807, 2.05) is 19.1 Å². The van der Waals surface area contributed by atoms with Crippen molar-refractivity contribution in [2.45, 2.75) is 13.3 Å². The summed E-state index contributed by atoms with van der Waals surface area (Å²) < 4.78 is 5.12. The fourth-order valence-electron chi connectivity index (χ4n) is 1.61. The number of carbonyl (C=O) groups is 2. The van der Waals surface area contributed by atoms with Crippen molar-refractivity contribution >= 4 is 11.9 Å². The zero-order valence-corrected chi connectivity index (χ0v) is 9.03. The van der Waals surface area contributed by atoms with E-state index in [1.54, 1.807) is 12.1 Å². The molecule has 0 spiro atoms. The van der Waals surface area contributed by atoms with E-state index in [1.165, 1.54) is 0 Å². The summed E-state index contributed by atoms with van der Waals surface area (Å²) in [7, 11) is 0. The van der Waals surface area contributed by atoms with E-state index in [2.05, 4.69) is 5.32 Å². The van der Waals surface area contributed by atoms with Gasteiger partial charge in [-0.1, -0.05) is 17.7 Å². The molecule has 1 unspecified atom stereocenters. The van der Waals surface area contributed by atoms with Crippen LogP contribution in [0.3, 0.4) is 0 Å². The number of hydrogen-bond donors (Lipinski definition) is 1. The third-order valence-electron chi connectivity index (χ3n) is 2.57. The molecule has 1 fully saturated rings. The molecular weight excluding hydrogens is 206 g/mol.